The number of nitriles is 1. The van der Waals surface area contributed by atoms with Gasteiger partial charge < -0.3 is 9.80 Å². The molecule has 9 heteroatoms. The van der Waals surface area contributed by atoms with Crippen LogP contribution in [0.25, 0.3) is 0 Å². The van der Waals surface area contributed by atoms with Gasteiger partial charge in [-0.2, -0.15) is 5.26 Å². The summed E-state index contributed by atoms with van der Waals surface area (Å²) in [4.78, 5) is 42.6. The Morgan fingerprint density at radius 3 is 2.35 bits per heavy atom. The van der Waals surface area contributed by atoms with Gasteiger partial charge in [0.05, 0.1) is 23.4 Å². The molecule has 2 fully saturated rings. The largest absolute Gasteiger partial charge is 0.334 e. The number of fused-ring (bicyclic) bond motifs is 1. The maximum atomic E-state index is 13.0. The lowest BCUT2D eigenvalue weighted by Gasteiger charge is -2.29. The number of urea groups is 1. The van der Waals surface area contributed by atoms with Gasteiger partial charge in [0.25, 0.3) is 5.91 Å². The van der Waals surface area contributed by atoms with Gasteiger partial charge in [-0.15, -0.1) is 0 Å². The third-order valence-electron chi connectivity index (χ3n) is 5.61. The highest BCUT2D eigenvalue weighted by atomic mass is 35.5. The third-order valence-corrected chi connectivity index (χ3v) is 6.04. The van der Waals surface area contributed by atoms with E-state index in [9.17, 15) is 14.4 Å². The second kappa shape index (κ2) is 8.22. The monoisotopic (exact) mass is 456 g/mol. The molecule has 2 aliphatic rings. The van der Waals surface area contributed by atoms with Crippen LogP contribution < -0.4 is 4.90 Å². The lowest BCUT2D eigenvalue weighted by Crippen LogP contribution is -2.43. The fourth-order valence-electron chi connectivity index (χ4n) is 4.14. The van der Waals surface area contributed by atoms with Crippen molar-refractivity contribution in [3.8, 4) is 6.07 Å². The highest BCUT2D eigenvalue weighted by Gasteiger charge is 2.52. The summed E-state index contributed by atoms with van der Waals surface area (Å²) in [6, 6.07) is 12.3. The van der Waals surface area contributed by atoms with Gasteiger partial charge in [0.15, 0.2) is 0 Å². The van der Waals surface area contributed by atoms with Gasteiger partial charge in [-0.3, -0.25) is 9.59 Å². The van der Waals surface area contributed by atoms with Crippen molar-refractivity contribution >= 4 is 46.7 Å². The molecular formula is C22H18Cl2N4O3. The molecule has 0 radical (unpaired) electrons. The average Bonchev–Trinajstić information content (AvgIpc) is 3.25. The molecule has 2 aromatic rings. The molecule has 2 heterocycles. The Hall–Kier alpha value is -3.08. The second-order valence-corrected chi connectivity index (χ2v) is 8.47. The highest BCUT2D eigenvalue weighted by Crippen LogP contribution is 2.35. The first-order valence-electron chi connectivity index (χ1n) is 9.65. The van der Waals surface area contributed by atoms with Gasteiger partial charge in [-0.05, 0) is 42.3 Å². The van der Waals surface area contributed by atoms with Crippen molar-refractivity contribution < 1.29 is 14.4 Å². The van der Waals surface area contributed by atoms with E-state index in [-0.39, 0.29) is 24.4 Å². The average molecular weight is 457 g/mol. The van der Waals surface area contributed by atoms with Crippen LogP contribution in [0.1, 0.15) is 24.5 Å². The lowest BCUT2D eigenvalue weighted by molar-refractivity contribution is -0.131. The number of rotatable bonds is 4. The van der Waals surface area contributed by atoms with Crippen LogP contribution in [0.15, 0.2) is 42.5 Å². The number of carbonyl (C=O) groups is 3. The van der Waals surface area contributed by atoms with Gasteiger partial charge in [0.1, 0.15) is 6.04 Å². The minimum atomic E-state index is -0.641. The van der Waals surface area contributed by atoms with Crippen LogP contribution in [0.2, 0.25) is 10.0 Å². The zero-order valence-electron chi connectivity index (χ0n) is 16.6. The molecule has 0 bridgehead atoms. The Kier molecular flexibility index (Phi) is 5.61. The van der Waals surface area contributed by atoms with Crippen LogP contribution in [-0.2, 0) is 16.1 Å². The highest BCUT2D eigenvalue weighted by molar-refractivity contribution is 6.35. The molecule has 4 amide bonds. The molecule has 0 saturated carbocycles. The van der Waals surface area contributed by atoms with E-state index in [4.69, 9.17) is 28.5 Å². The van der Waals surface area contributed by atoms with E-state index in [1.165, 1.54) is 30.0 Å². The summed E-state index contributed by atoms with van der Waals surface area (Å²) in [5.74, 6) is -0.499. The Morgan fingerprint density at radius 1 is 1.16 bits per heavy atom. The minimum absolute atomic E-state index is 0.145. The Balaban J connectivity index is 1.53. The van der Waals surface area contributed by atoms with Gasteiger partial charge in [0, 0.05) is 30.1 Å². The first kappa shape index (κ1) is 21.2. The summed E-state index contributed by atoms with van der Waals surface area (Å²) in [6.45, 7) is 2.06. The van der Waals surface area contributed by atoms with Crippen molar-refractivity contribution in [2.24, 2.45) is 0 Å². The van der Waals surface area contributed by atoms with Gasteiger partial charge in [0.2, 0.25) is 5.91 Å². The maximum absolute atomic E-state index is 13.0. The van der Waals surface area contributed by atoms with Crippen molar-refractivity contribution in [3.05, 3.63) is 63.6 Å². The van der Waals surface area contributed by atoms with Crippen LogP contribution >= 0.6 is 23.2 Å². The van der Waals surface area contributed by atoms with E-state index in [1.54, 1.807) is 29.2 Å². The number of nitrogens with zero attached hydrogens (tertiary/aromatic N) is 4. The summed E-state index contributed by atoms with van der Waals surface area (Å²) >= 11 is 12.1. The molecule has 2 aliphatic heterocycles. The van der Waals surface area contributed by atoms with Crippen molar-refractivity contribution in [1.29, 1.82) is 5.26 Å². The smallest absolute Gasteiger partial charge is 0.332 e. The predicted octanol–water partition coefficient (Wildman–Crippen LogP) is 3.82. The molecule has 1 unspecified atom stereocenters. The van der Waals surface area contributed by atoms with Gasteiger partial charge >= 0.3 is 6.03 Å². The summed E-state index contributed by atoms with van der Waals surface area (Å²) < 4.78 is 0. The summed E-state index contributed by atoms with van der Waals surface area (Å²) in [5.41, 5.74) is 1.74. The molecule has 2 saturated heterocycles. The number of anilines is 1. The number of halogens is 2. The van der Waals surface area contributed by atoms with Crippen molar-refractivity contribution in [2.75, 3.05) is 11.4 Å². The van der Waals surface area contributed by atoms with Crippen LogP contribution in [-0.4, -0.2) is 46.3 Å². The lowest BCUT2D eigenvalue weighted by atomic mass is 10.1. The molecule has 0 aliphatic carbocycles. The fraction of sp³-hybridized carbons (Fsp3) is 0.273. The number of carbonyl (C=O) groups excluding carboxylic acids is 3. The number of imide groups is 1. The SMILES string of the molecule is CC(=O)N(Cc1ccc(C#N)cc1)[C@H]1CC2C(=O)N(c3cc(Cl)cc(Cl)c3)C(=O)N2C1. The second-order valence-electron chi connectivity index (χ2n) is 7.60. The molecule has 31 heavy (non-hydrogen) atoms. The summed E-state index contributed by atoms with van der Waals surface area (Å²) in [6.07, 6.45) is 0.352. The Labute approximate surface area is 189 Å². The number of hydrogen-bond donors (Lipinski definition) is 0. The first-order valence-corrected chi connectivity index (χ1v) is 10.4. The zero-order valence-corrected chi connectivity index (χ0v) is 18.1. The Bertz CT molecular complexity index is 1070. The van der Waals surface area contributed by atoms with E-state index < -0.39 is 12.1 Å². The summed E-state index contributed by atoms with van der Waals surface area (Å²) in [7, 11) is 0. The van der Waals surface area contributed by atoms with E-state index in [2.05, 4.69) is 6.07 Å². The minimum Gasteiger partial charge on any atom is -0.334 e. The number of amides is 4. The number of hydrogen-bond acceptors (Lipinski definition) is 4. The topological polar surface area (TPSA) is 84.7 Å². The molecule has 158 valence electrons. The van der Waals surface area contributed by atoms with E-state index >= 15 is 0 Å². The normalized spacial score (nSPS) is 20.1. The van der Waals surface area contributed by atoms with Crippen LogP contribution in [0.5, 0.6) is 0 Å². The van der Waals surface area contributed by atoms with E-state index in [0.29, 0.717) is 34.3 Å². The molecule has 4 rings (SSSR count). The third kappa shape index (κ3) is 3.97. The molecule has 0 N–H and O–H groups in total. The standard InChI is InChI=1S/C22H18Cl2N4O3/c1-13(29)26(11-15-4-2-14(10-25)3-5-15)19-9-20-21(30)28(22(31)27(20)12-19)18-7-16(23)6-17(24)8-18/h2-8,19-20H,9,11-12H2,1H3/t19-,20?/m0/s1. The molecular weight excluding hydrogens is 439 g/mol. The molecule has 7 nitrogen and oxygen atoms in total. The summed E-state index contributed by atoms with van der Waals surface area (Å²) in [5, 5.41) is 9.61. The number of benzene rings is 2. The van der Waals surface area contributed by atoms with Crippen LogP contribution in [0, 0.1) is 11.3 Å². The first-order chi connectivity index (χ1) is 14.8. The van der Waals surface area contributed by atoms with Crippen molar-refractivity contribution in [3.63, 3.8) is 0 Å². The zero-order chi connectivity index (χ0) is 22.3. The van der Waals surface area contributed by atoms with Crippen molar-refractivity contribution in [2.45, 2.75) is 32.0 Å². The van der Waals surface area contributed by atoms with E-state index in [0.717, 1.165) is 10.5 Å². The van der Waals surface area contributed by atoms with Crippen LogP contribution in [0.4, 0.5) is 10.5 Å². The predicted molar refractivity (Wildman–Crippen MR) is 116 cm³/mol. The molecule has 0 spiro atoms. The maximum Gasteiger partial charge on any atom is 0.332 e. The quantitative estimate of drug-likeness (QED) is 0.654. The Morgan fingerprint density at radius 2 is 1.81 bits per heavy atom. The molecule has 0 aromatic heterocycles. The molecule has 2 aromatic carbocycles. The van der Waals surface area contributed by atoms with Gasteiger partial charge in [-0.1, -0.05) is 35.3 Å². The van der Waals surface area contributed by atoms with Crippen LogP contribution in [0.3, 0.4) is 0 Å². The van der Waals surface area contributed by atoms with Gasteiger partial charge in [-0.25, -0.2) is 9.69 Å². The van der Waals surface area contributed by atoms with E-state index in [1.807, 2.05) is 0 Å². The fourth-order valence-corrected chi connectivity index (χ4v) is 4.66. The molecule has 2 atom stereocenters. The van der Waals surface area contributed by atoms with Crippen molar-refractivity contribution in [1.82, 2.24) is 9.80 Å².